The van der Waals surface area contributed by atoms with Crippen LogP contribution in [0.5, 0.6) is 5.75 Å². The van der Waals surface area contributed by atoms with E-state index in [1.54, 1.807) is 0 Å². The van der Waals surface area contributed by atoms with Gasteiger partial charge in [-0.1, -0.05) is 22.0 Å². The molecule has 1 saturated heterocycles. The average molecular weight is 426 g/mol. The SMILES string of the molecule is CC(C)(C)NC(=O)N1CCC(NC(=O)CCOc2cccc(Br)c2)CC1. The summed E-state index contributed by atoms with van der Waals surface area (Å²) >= 11 is 3.39. The predicted molar refractivity (Wildman–Crippen MR) is 105 cm³/mol. The first-order valence-electron chi connectivity index (χ1n) is 8.98. The van der Waals surface area contributed by atoms with Gasteiger partial charge in [0.25, 0.3) is 0 Å². The Morgan fingerprint density at radius 2 is 1.96 bits per heavy atom. The van der Waals surface area contributed by atoms with Gasteiger partial charge in [-0.25, -0.2) is 4.79 Å². The van der Waals surface area contributed by atoms with Crippen molar-refractivity contribution in [3.05, 3.63) is 28.7 Å². The number of likely N-dealkylation sites (tertiary alicyclic amines) is 1. The highest BCUT2D eigenvalue weighted by Crippen LogP contribution is 2.18. The van der Waals surface area contributed by atoms with Crippen LogP contribution in [0, 0.1) is 0 Å². The summed E-state index contributed by atoms with van der Waals surface area (Å²) in [4.78, 5) is 26.0. The molecule has 1 heterocycles. The number of ether oxygens (including phenoxy) is 1. The van der Waals surface area contributed by atoms with Crippen LogP contribution in [0.1, 0.15) is 40.0 Å². The summed E-state index contributed by atoms with van der Waals surface area (Å²) in [6.07, 6.45) is 1.86. The molecule has 1 aliphatic heterocycles. The van der Waals surface area contributed by atoms with E-state index < -0.39 is 0 Å². The number of rotatable bonds is 5. The van der Waals surface area contributed by atoms with Gasteiger partial charge in [0, 0.05) is 29.1 Å². The third-order valence-electron chi connectivity index (χ3n) is 4.02. The Labute approximate surface area is 163 Å². The van der Waals surface area contributed by atoms with E-state index in [0.717, 1.165) is 23.1 Å². The first-order chi connectivity index (χ1) is 12.2. The molecular formula is C19H28BrN3O3. The summed E-state index contributed by atoms with van der Waals surface area (Å²) in [5.74, 6) is 0.725. The summed E-state index contributed by atoms with van der Waals surface area (Å²) in [7, 11) is 0. The molecule has 0 unspecified atom stereocenters. The topological polar surface area (TPSA) is 70.7 Å². The number of halogens is 1. The molecule has 2 N–H and O–H groups in total. The minimum atomic E-state index is -0.240. The van der Waals surface area contributed by atoms with Crippen molar-refractivity contribution in [2.75, 3.05) is 19.7 Å². The van der Waals surface area contributed by atoms with Crippen molar-refractivity contribution in [2.24, 2.45) is 0 Å². The number of carbonyl (C=O) groups is 2. The summed E-state index contributed by atoms with van der Waals surface area (Å²) < 4.78 is 6.54. The van der Waals surface area contributed by atoms with Gasteiger partial charge in [0.15, 0.2) is 0 Å². The summed E-state index contributed by atoms with van der Waals surface area (Å²) in [6.45, 7) is 7.55. The third kappa shape index (κ3) is 7.23. The molecule has 1 aliphatic rings. The number of hydrogen-bond donors (Lipinski definition) is 2. The van der Waals surface area contributed by atoms with Crippen molar-refractivity contribution in [1.29, 1.82) is 0 Å². The lowest BCUT2D eigenvalue weighted by Gasteiger charge is -2.34. The number of amides is 3. The zero-order chi connectivity index (χ0) is 19.2. The molecule has 0 spiro atoms. The lowest BCUT2D eigenvalue weighted by atomic mass is 10.0. The fourth-order valence-corrected chi connectivity index (χ4v) is 3.12. The molecule has 0 atom stereocenters. The number of hydrogen-bond acceptors (Lipinski definition) is 3. The van der Waals surface area contributed by atoms with Gasteiger partial charge in [-0.3, -0.25) is 4.79 Å². The van der Waals surface area contributed by atoms with E-state index in [2.05, 4.69) is 26.6 Å². The van der Waals surface area contributed by atoms with E-state index in [-0.39, 0.29) is 23.5 Å². The number of urea groups is 1. The van der Waals surface area contributed by atoms with E-state index in [1.807, 2.05) is 49.9 Å². The Morgan fingerprint density at radius 3 is 2.58 bits per heavy atom. The second-order valence-corrected chi connectivity index (χ2v) is 8.48. The van der Waals surface area contributed by atoms with Crippen molar-refractivity contribution >= 4 is 27.9 Å². The van der Waals surface area contributed by atoms with Crippen LogP contribution in [0.4, 0.5) is 4.79 Å². The van der Waals surface area contributed by atoms with Gasteiger partial charge < -0.3 is 20.3 Å². The number of piperidine rings is 1. The standard InChI is InChI=1S/C19H28BrN3O3/c1-19(2,3)22-18(25)23-10-7-15(8-11-23)21-17(24)9-12-26-16-6-4-5-14(20)13-16/h4-6,13,15H,7-12H2,1-3H3,(H,21,24)(H,22,25). The fraction of sp³-hybridized carbons (Fsp3) is 0.579. The minimum absolute atomic E-state index is 0.0161. The number of nitrogens with one attached hydrogen (secondary N) is 2. The highest BCUT2D eigenvalue weighted by atomic mass is 79.9. The predicted octanol–water partition coefficient (Wildman–Crippen LogP) is 3.31. The van der Waals surface area contributed by atoms with Crippen molar-refractivity contribution in [2.45, 2.75) is 51.6 Å². The molecule has 7 heteroatoms. The quantitative estimate of drug-likeness (QED) is 0.759. The van der Waals surface area contributed by atoms with Gasteiger partial charge >= 0.3 is 6.03 Å². The van der Waals surface area contributed by atoms with Crippen LogP contribution < -0.4 is 15.4 Å². The lowest BCUT2D eigenvalue weighted by molar-refractivity contribution is -0.122. The molecular weight excluding hydrogens is 398 g/mol. The molecule has 1 aromatic rings. The Bertz CT molecular complexity index is 623. The van der Waals surface area contributed by atoms with Crippen LogP contribution >= 0.6 is 15.9 Å². The van der Waals surface area contributed by atoms with Crippen molar-refractivity contribution < 1.29 is 14.3 Å². The Morgan fingerprint density at radius 1 is 1.27 bits per heavy atom. The molecule has 1 aromatic carbocycles. The molecule has 0 aromatic heterocycles. The normalized spacial score (nSPS) is 15.5. The second kappa shape index (κ2) is 9.26. The number of nitrogens with zero attached hydrogens (tertiary/aromatic N) is 1. The van der Waals surface area contributed by atoms with Crippen LogP contribution in [-0.2, 0) is 4.79 Å². The molecule has 0 bridgehead atoms. The van der Waals surface area contributed by atoms with E-state index >= 15 is 0 Å². The third-order valence-corrected chi connectivity index (χ3v) is 4.52. The maximum Gasteiger partial charge on any atom is 0.317 e. The van der Waals surface area contributed by atoms with Crippen molar-refractivity contribution in [3.8, 4) is 5.75 Å². The van der Waals surface area contributed by atoms with E-state index in [1.165, 1.54) is 0 Å². The maximum atomic E-state index is 12.2. The highest BCUT2D eigenvalue weighted by molar-refractivity contribution is 9.10. The maximum absolute atomic E-state index is 12.2. The van der Waals surface area contributed by atoms with E-state index in [0.29, 0.717) is 26.1 Å². The molecule has 0 aliphatic carbocycles. The summed E-state index contributed by atoms with van der Waals surface area (Å²) in [5, 5.41) is 6.01. The van der Waals surface area contributed by atoms with Gasteiger partial charge in [0.1, 0.15) is 5.75 Å². The number of benzene rings is 1. The van der Waals surface area contributed by atoms with Crippen LogP contribution in [0.15, 0.2) is 28.7 Å². The van der Waals surface area contributed by atoms with E-state index in [9.17, 15) is 9.59 Å². The number of carbonyl (C=O) groups excluding carboxylic acids is 2. The van der Waals surface area contributed by atoms with Gasteiger partial charge in [-0.05, 0) is 51.8 Å². The second-order valence-electron chi connectivity index (χ2n) is 7.56. The van der Waals surface area contributed by atoms with Crippen LogP contribution in [0.2, 0.25) is 0 Å². The highest BCUT2D eigenvalue weighted by Gasteiger charge is 2.25. The Kier molecular flexibility index (Phi) is 7.32. The molecule has 3 amide bonds. The van der Waals surface area contributed by atoms with Gasteiger partial charge in [-0.2, -0.15) is 0 Å². The van der Waals surface area contributed by atoms with E-state index in [4.69, 9.17) is 4.74 Å². The monoisotopic (exact) mass is 425 g/mol. The smallest absolute Gasteiger partial charge is 0.317 e. The molecule has 6 nitrogen and oxygen atoms in total. The van der Waals surface area contributed by atoms with Crippen LogP contribution in [-0.4, -0.2) is 48.1 Å². The summed E-state index contributed by atoms with van der Waals surface area (Å²) in [5.41, 5.74) is -0.240. The minimum Gasteiger partial charge on any atom is -0.493 e. The summed E-state index contributed by atoms with van der Waals surface area (Å²) in [6, 6.07) is 7.63. The largest absolute Gasteiger partial charge is 0.493 e. The molecule has 1 fully saturated rings. The van der Waals surface area contributed by atoms with Crippen LogP contribution in [0.3, 0.4) is 0 Å². The lowest BCUT2D eigenvalue weighted by Crippen LogP contribution is -2.53. The van der Waals surface area contributed by atoms with Gasteiger partial charge in [-0.15, -0.1) is 0 Å². The zero-order valence-corrected chi connectivity index (χ0v) is 17.3. The van der Waals surface area contributed by atoms with Crippen molar-refractivity contribution in [3.63, 3.8) is 0 Å². The first kappa shape index (κ1) is 20.6. The molecule has 144 valence electrons. The molecule has 0 saturated carbocycles. The zero-order valence-electron chi connectivity index (χ0n) is 15.7. The molecule has 0 radical (unpaired) electrons. The van der Waals surface area contributed by atoms with Gasteiger partial charge in [0.05, 0.1) is 13.0 Å². The van der Waals surface area contributed by atoms with Crippen molar-refractivity contribution in [1.82, 2.24) is 15.5 Å². The average Bonchev–Trinajstić information content (AvgIpc) is 2.54. The van der Waals surface area contributed by atoms with Gasteiger partial charge in [0.2, 0.25) is 5.91 Å². The van der Waals surface area contributed by atoms with Crippen LogP contribution in [0.25, 0.3) is 0 Å². The molecule has 26 heavy (non-hydrogen) atoms. The Balaban J connectivity index is 1.65. The Hall–Kier alpha value is -1.76. The fourth-order valence-electron chi connectivity index (χ4n) is 2.74. The molecule has 2 rings (SSSR count). The first-order valence-corrected chi connectivity index (χ1v) is 9.77.